The average molecular weight is 265 g/mol. The molecule has 3 N–H and O–H groups in total. The van der Waals surface area contributed by atoms with Crippen LogP contribution in [0.4, 0.5) is 5.82 Å². The van der Waals surface area contributed by atoms with Crippen molar-refractivity contribution in [2.75, 3.05) is 5.73 Å². The van der Waals surface area contributed by atoms with E-state index in [0.717, 1.165) is 10.9 Å². The van der Waals surface area contributed by atoms with E-state index in [0.29, 0.717) is 11.1 Å². The molecule has 2 heterocycles. The molecule has 98 valence electrons. The molecule has 0 aliphatic rings. The van der Waals surface area contributed by atoms with Gasteiger partial charge in [-0.1, -0.05) is 18.2 Å². The van der Waals surface area contributed by atoms with Crippen molar-refractivity contribution in [1.29, 1.82) is 0 Å². The number of nitrogen functional groups attached to an aromatic ring is 1. The summed E-state index contributed by atoms with van der Waals surface area (Å²) in [5.41, 5.74) is 7.73. The van der Waals surface area contributed by atoms with Crippen LogP contribution < -0.4 is 5.73 Å². The van der Waals surface area contributed by atoms with Crippen LogP contribution in [0.15, 0.2) is 48.8 Å². The van der Waals surface area contributed by atoms with Crippen LogP contribution in [0.2, 0.25) is 0 Å². The first-order valence-corrected chi connectivity index (χ1v) is 5.99. The van der Waals surface area contributed by atoms with Crippen LogP contribution in [0.3, 0.4) is 0 Å². The minimum Gasteiger partial charge on any atom is -0.478 e. The van der Waals surface area contributed by atoms with Crippen LogP contribution in [-0.4, -0.2) is 21.0 Å². The predicted octanol–water partition coefficient (Wildman–Crippen LogP) is 2.58. The summed E-state index contributed by atoms with van der Waals surface area (Å²) in [6, 6.07) is 10.9. The maximum Gasteiger partial charge on any atom is 0.336 e. The fourth-order valence-corrected chi connectivity index (χ4v) is 2.10. The molecule has 5 nitrogen and oxygen atoms in total. The molecule has 0 saturated heterocycles. The van der Waals surface area contributed by atoms with E-state index in [2.05, 4.69) is 9.97 Å². The molecule has 0 aliphatic heterocycles. The number of carboxylic acid groups (broad SMARTS) is 1. The zero-order valence-electron chi connectivity index (χ0n) is 10.4. The van der Waals surface area contributed by atoms with E-state index in [1.807, 2.05) is 30.3 Å². The molecule has 0 spiro atoms. The number of hydrogen-bond donors (Lipinski definition) is 2. The Hall–Kier alpha value is -2.95. The summed E-state index contributed by atoms with van der Waals surface area (Å²) in [6.45, 7) is 0. The van der Waals surface area contributed by atoms with E-state index in [1.165, 1.54) is 12.3 Å². The molecule has 5 heteroatoms. The van der Waals surface area contributed by atoms with Crippen LogP contribution in [0.1, 0.15) is 10.4 Å². The summed E-state index contributed by atoms with van der Waals surface area (Å²) in [6.07, 6.45) is 3.10. The lowest BCUT2D eigenvalue weighted by Gasteiger charge is -2.07. The third-order valence-electron chi connectivity index (χ3n) is 3.06. The Balaban J connectivity index is 2.22. The first-order chi connectivity index (χ1) is 9.65. The van der Waals surface area contributed by atoms with Crippen LogP contribution in [0, 0.1) is 0 Å². The minimum absolute atomic E-state index is 0.120. The Morgan fingerprint density at radius 2 is 1.90 bits per heavy atom. The highest BCUT2D eigenvalue weighted by Crippen LogP contribution is 2.26. The van der Waals surface area contributed by atoms with Crippen molar-refractivity contribution in [3.63, 3.8) is 0 Å². The Morgan fingerprint density at radius 1 is 1.10 bits per heavy atom. The minimum atomic E-state index is -1.04. The maximum absolute atomic E-state index is 11.3. The fourth-order valence-electron chi connectivity index (χ4n) is 2.10. The number of carbonyl (C=O) groups is 1. The average Bonchev–Trinajstić information content (AvgIpc) is 2.46. The molecule has 3 aromatic rings. The molecule has 0 atom stereocenters. The van der Waals surface area contributed by atoms with Crippen molar-refractivity contribution in [3.8, 4) is 11.1 Å². The zero-order chi connectivity index (χ0) is 14.1. The quantitative estimate of drug-likeness (QED) is 0.743. The number of nitrogens with two attached hydrogens (primary N) is 1. The van der Waals surface area contributed by atoms with Gasteiger partial charge >= 0.3 is 5.97 Å². The van der Waals surface area contributed by atoms with E-state index in [1.54, 1.807) is 6.20 Å². The Labute approximate surface area is 114 Å². The van der Waals surface area contributed by atoms with Crippen molar-refractivity contribution in [2.24, 2.45) is 0 Å². The molecular weight excluding hydrogens is 254 g/mol. The number of para-hydroxylation sites is 1. The van der Waals surface area contributed by atoms with Crippen molar-refractivity contribution < 1.29 is 9.90 Å². The first-order valence-electron chi connectivity index (χ1n) is 5.99. The number of benzene rings is 1. The highest BCUT2D eigenvalue weighted by molar-refractivity contribution is 5.97. The summed E-state index contributed by atoms with van der Waals surface area (Å²) in [7, 11) is 0. The lowest BCUT2D eigenvalue weighted by atomic mass is 10.0. The van der Waals surface area contributed by atoms with E-state index < -0.39 is 5.97 Å². The molecular formula is C15H11N3O2. The molecule has 3 rings (SSSR count). The van der Waals surface area contributed by atoms with Crippen molar-refractivity contribution in [2.45, 2.75) is 0 Å². The lowest BCUT2D eigenvalue weighted by molar-refractivity contribution is 0.0697. The third-order valence-corrected chi connectivity index (χ3v) is 3.06. The normalized spacial score (nSPS) is 10.6. The Kier molecular flexibility index (Phi) is 2.80. The first kappa shape index (κ1) is 12.1. The molecule has 0 fully saturated rings. The van der Waals surface area contributed by atoms with Gasteiger partial charge in [-0.05, 0) is 18.2 Å². The topological polar surface area (TPSA) is 89.1 Å². The van der Waals surface area contributed by atoms with Crippen molar-refractivity contribution in [3.05, 3.63) is 54.4 Å². The van der Waals surface area contributed by atoms with Gasteiger partial charge in [0.25, 0.3) is 0 Å². The standard InChI is InChI=1S/C15H11N3O2/c16-14-6-11(15(19)20)12(8-18-14)10-5-9-3-1-2-4-13(9)17-7-10/h1-8H,(H2,16,18)(H,19,20). The lowest BCUT2D eigenvalue weighted by Crippen LogP contribution is -2.03. The number of fused-ring (bicyclic) bond motifs is 1. The van der Waals surface area contributed by atoms with Gasteiger partial charge in [-0.15, -0.1) is 0 Å². The Bertz CT molecular complexity index is 815. The van der Waals surface area contributed by atoms with Gasteiger partial charge in [0.2, 0.25) is 0 Å². The van der Waals surface area contributed by atoms with Gasteiger partial charge in [0.05, 0.1) is 11.1 Å². The highest BCUT2D eigenvalue weighted by Gasteiger charge is 2.13. The van der Waals surface area contributed by atoms with Gasteiger partial charge in [0, 0.05) is 28.9 Å². The van der Waals surface area contributed by atoms with E-state index >= 15 is 0 Å². The van der Waals surface area contributed by atoms with Crippen LogP contribution in [0.5, 0.6) is 0 Å². The fraction of sp³-hybridized carbons (Fsp3) is 0. The number of aromatic nitrogens is 2. The summed E-state index contributed by atoms with van der Waals surface area (Å²) >= 11 is 0. The summed E-state index contributed by atoms with van der Waals surface area (Å²) in [5.74, 6) is -0.859. The number of pyridine rings is 2. The van der Waals surface area contributed by atoms with Gasteiger partial charge in [0.1, 0.15) is 5.82 Å². The van der Waals surface area contributed by atoms with Crippen LogP contribution in [-0.2, 0) is 0 Å². The van der Waals surface area contributed by atoms with E-state index in [9.17, 15) is 9.90 Å². The van der Waals surface area contributed by atoms with Gasteiger partial charge < -0.3 is 10.8 Å². The maximum atomic E-state index is 11.3. The van der Waals surface area contributed by atoms with Gasteiger partial charge in [0.15, 0.2) is 0 Å². The number of anilines is 1. The molecule has 0 bridgehead atoms. The second kappa shape index (κ2) is 4.62. The van der Waals surface area contributed by atoms with Crippen molar-refractivity contribution >= 4 is 22.7 Å². The molecule has 20 heavy (non-hydrogen) atoms. The number of rotatable bonds is 2. The molecule has 0 radical (unpaired) electrons. The summed E-state index contributed by atoms with van der Waals surface area (Å²) in [4.78, 5) is 19.6. The number of aromatic carboxylic acids is 1. The summed E-state index contributed by atoms with van der Waals surface area (Å²) in [5, 5.41) is 10.2. The van der Waals surface area contributed by atoms with Crippen LogP contribution in [0.25, 0.3) is 22.0 Å². The number of nitrogens with zero attached hydrogens (tertiary/aromatic N) is 2. The van der Waals surface area contributed by atoms with Gasteiger partial charge in [-0.2, -0.15) is 0 Å². The number of carboxylic acids is 1. The molecule has 0 saturated carbocycles. The Morgan fingerprint density at radius 3 is 2.70 bits per heavy atom. The molecule has 0 aliphatic carbocycles. The van der Waals surface area contributed by atoms with E-state index in [4.69, 9.17) is 5.73 Å². The largest absolute Gasteiger partial charge is 0.478 e. The second-order valence-electron chi connectivity index (χ2n) is 4.38. The van der Waals surface area contributed by atoms with Gasteiger partial charge in [-0.3, -0.25) is 4.98 Å². The molecule has 2 aromatic heterocycles. The number of hydrogen-bond acceptors (Lipinski definition) is 4. The SMILES string of the molecule is Nc1cc(C(=O)O)c(-c2cnc3ccccc3c2)cn1. The van der Waals surface area contributed by atoms with Crippen molar-refractivity contribution in [1.82, 2.24) is 9.97 Å². The second-order valence-corrected chi connectivity index (χ2v) is 4.38. The third kappa shape index (κ3) is 2.05. The smallest absolute Gasteiger partial charge is 0.336 e. The molecule has 0 unspecified atom stereocenters. The predicted molar refractivity (Wildman–Crippen MR) is 76.3 cm³/mol. The highest BCUT2D eigenvalue weighted by atomic mass is 16.4. The van der Waals surface area contributed by atoms with Gasteiger partial charge in [-0.25, -0.2) is 9.78 Å². The monoisotopic (exact) mass is 265 g/mol. The summed E-state index contributed by atoms with van der Waals surface area (Å²) < 4.78 is 0. The molecule has 1 aromatic carbocycles. The molecule has 0 amide bonds. The zero-order valence-corrected chi connectivity index (χ0v) is 10.4. The van der Waals surface area contributed by atoms with E-state index in [-0.39, 0.29) is 11.4 Å². The van der Waals surface area contributed by atoms with Crippen LogP contribution >= 0.6 is 0 Å².